The van der Waals surface area contributed by atoms with Crippen molar-refractivity contribution in [1.29, 1.82) is 0 Å². The Morgan fingerprint density at radius 3 is 2.52 bits per heavy atom. The number of piperidine rings is 1. The number of methoxy groups -OCH3 is 1. The lowest BCUT2D eigenvalue weighted by atomic mass is 9.79. The lowest BCUT2D eigenvalue weighted by Crippen LogP contribution is -2.47. The molecule has 0 saturated carbocycles. The van der Waals surface area contributed by atoms with Crippen molar-refractivity contribution in [3.63, 3.8) is 0 Å². The van der Waals surface area contributed by atoms with Crippen molar-refractivity contribution < 1.29 is 19.2 Å². The lowest BCUT2D eigenvalue weighted by Gasteiger charge is -2.37. The molecule has 1 aromatic rings. The summed E-state index contributed by atoms with van der Waals surface area (Å²) in [7, 11) is 1.67. The first-order valence-corrected chi connectivity index (χ1v) is 7.88. The maximum atomic E-state index is 12.0. The predicted molar refractivity (Wildman–Crippen MR) is 95.3 cm³/mol. The molecule has 1 saturated heterocycles. The summed E-state index contributed by atoms with van der Waals surface area (Å²) in [6.45, 7) is 2.86. The number of hydrogen-bond donors (Lipinski definition) is 2. The number of carbonyl (C=O) groups is 1. The first kappa shape index (κ1) is 21.1. The van der Waals surface area contributed by atoms with Gasteiger partial charge in [0.15, 0.2) is 6.61 Å². The Balaban J connectivity index is 0.00000312. The highest BCUT2D eigenvalue weighted by molar-refractivity contribution is 5.85. The highest BCUT2D eigenvalue weighted by atomic mass is 35.5. The fraction of sp³-hybridized carbons (Fsp3) is 0.562. The maximum absolute atomic E-state index is 12.0. The third-order valence-electron chi connectivity index (χ3n) is 4.19. The van der Waals surface area contributed by atoms with Crippen LogP contribution in [0.5, 0.6) is 5.75 Å². The Hall–Kier alpha value is -1.90. The molecule has 0 bridgehead atoms. The van der Waals surface area contributed by atoms with Crippen LogP contribution in [0.1, 0.15) is 12.8 Å². The van der Waals surface area contributed by atoms with Crippen LogP contribution < -0.4 is 15.4 Å². The van der Waals surface area contributed by atoms with E-state index in [1.165, 1.54) is 24.3 Å². The highest BCUT2D eigenvalue weighted by Gasteiger charge is 2.32. The number of nitro groups is 1. The van der Waals surface area contributed by atoms with Crippen LogP contribution >= 0.6 is 12.4 Å². The van der Waals surface area contributed by atoms with Crippen LogP contribution in [0.2, 0.25) is 0 Å². The van der Waals surface area contributed by atoms with Crippen molar-refractivity contribution in [3.8, 4) is 5.75 Å². The van der Waals surface area contributed by atoms with Crippen LogP contribution in [0.25, 0.3) is 0 Å². The molecule has 25 heavy (non-hydrogen) atoms. The molecule has 0 atom stereocenters. The van der Waals surface area contributed by atoms with Crippen LogP contribution in [0.4, 0.5) is 5.69 Å². The minimum Gasteiger partial charge on any atom is -0.484 e. The van der Waals surface area contributed by atoms with E-state index < -0.39 is 4.92 Å². The molecule has 9 heteroatoms. The van der Waals surface area contributed by atoms with Gasteiger partial charge in [0, 0.05) is 31.2 Å². The zero-order valence-electron chi connectivity index (χ0n) is 14.2. The van der Waals surface area contributed by atoms with Crippen molar-refractivity contribution in [1.82, 2.24) is 10.6 Å². The molecule has 0 aromatic heterocycles. The fourth-order valence-electron chi connectivity index (χ4n) is 2.79. The van der Waals surface area contributed by atoms with Crippen molar-refractivity contribution >= 4 is 24.0 Å². The maximum Gasteiger partial charge on any atom is 0.269 e. The van der Waals surface area contributed by atoms with Gasteiger partial charge in [-0.15, -0.1) is 12.4 Å². The summed E-state index contributed by atoms with van der Waals surface area (Å²) in [5, 5.41) is 16.8. The molecule has 2 N–H and O–H groups in total. The number of rotatable bonds is 8. The van der Waals surface area contributed by atoms with Crippen molar-refractivity contribution in [2.75, 3.05) is 40.0 Å². The average Bonchev–Trinajstić information content (AvgIpc) is 2.60. The van der Waals surface area contributed by atoms with Crippen LogP contribution in [0, 0.1) is 15.5 Å². The molecule has 0 spiro atoms. The molecule has 1 aliphatic heterocycles. The van der Waals surface area contributed by atoms with Gasteiger partial charge in [-0.25, -0.2) is 0 Å². The second kappa shape index (κ2) is 10.2. The number of hydrogen-bond acceptors (Lipinski definition) is 6. The first-order valence-electron chi connectivity index (χ1n) is 7.88. The summed E-state index contributed by atoms with van der Waals surface area (Å²) >= 11 is 0. The molecule has 1 aliphatic rings. The molecule has 140 valence electrons. The van der Waals surface area contributed by atoms with Gasteiger partial charge in [-0.3, -0.25) is 14.9 Å². The number of ether oxygens (including phenoxy) is 2. The van der Waals surface area contributed by atoms with Crippen LogP contribution in [-0.4, -0.2) is 50.8 Å². The van der Waals surface area contributed by atoms with Gasteiger partial charge in [-0.1, -0.05) is 0 Å². The molecule has 0 radical (unpaired) electrons. The Morgan fingerprint density at radius 2 is 1.96 bits per heavy atom. The Kier molecular flexibility index (Phi) is 8.60. The topological polar surface area (TPSA) is 103 Å². The molecule has 1 fully saturated rings. The largest absolute Gasteiger partial charge is 0.484 e. The molecular formula is C16H24ClN3O5. The smallest absolute Gasteiger partial charge is 0.269 e. The average molecular weight is 374 g/mol. The molecule has 0 aliphatic carbocycles. The molecule has 0 unspecified atom stereocenters. The number of carbonyl (C=O) groups excluding carboxylic acids is 1. The van der Waals surface area contributed by atoms with E-state index in [0.29, 0.717) is 18.9 Å². The van der Waals surface area contributed by atoms with E-state index in [-0.39, 0.29) is 36.0 Å². The van der Waals surface area contributed by atoms with Gasteiger partial charge in [0.25, 0.3) is 11.6 Å². The van der Waals surface area contributed by atoms with Crippen molar-refractivity contribution in [3.05, 3.63) is 34.4 Å². The molecular weight excluding hydrogens is 350 g/mol. The van der Waals surface area contributed by atoms with Gasteiger partial charge in [-0.2, -0.15) is 0 Å². The van der Waals surface area contributed by atoms with E-state index in [0.717, 1.165) is 25.9 Å². The minimum absolute atomic E-state index is 0. The number of halogens is 1. The Bertz CT molecular complexity index is 556. The number of nitrogens with one attached hydrogen (secondary N) is 2. The van der Waals surface area contributed by atoms with E-state index in [1.54, 1.807) is 7.11 Å². The van der Waals surface area contributed by atoms with Gasteiger partial charge in [0.1, 0.15) is 5.75 Å². The number of nitro benzene ring substituents is 1. The van der Waals surface area contributed by atoms with Gasteiger partial charge in [0.05, 0.1) is 11.5 Å². The zero-order chi connectivity index (χ0) is 17.4. The second-order valence-corrected chi connectivity index (χ2v) is 6.00. The van der Waals surface area contributed by atoms with Crippen LogP contribution in [0.15, 0.2) is 24.3 Å². The minimum atomic E-state index is -0.481. The monoisotopic (exact) mass is 373 g/mol. The number of non-ortho nitro benzene ring substituents is 1. The van der Waals surface area contributed by atoms with Crippen molar-refractivity contribution in [2.45, 2.75) is 12.8 Å². The van der Waals surface area contributed by atoms with E-state index in [9.17, 15) is 14.9 Å². The summed E-state index contributed by atoms with van der Waals surface area (Å²) in [6, 6.07) is 5.64. The molecule has 1 aromatic carbocycles. The zero-order valence-corrected chi connectivity index (χ0v) is 15.0. The number of amides is 1. The van der Waals surface area contributed by atoms with Crippen molar-refractivity contribution in [2.24, 2.45) is 5.41 Å². The fourth-order valence-corrected chi connectivity index (χ4v) is 2.79. The van der Waals surface area contributed by atoms with E-state index in [4.69, 9.17) is 9.47 Å². The number of benzene rings is 1. The first-order chi connectivity index (χ1) is 11.5. The third-order valence-corrected chi connectivity index (χ3v) is 4.19. The van der Waals surface area contributed by atoms with E-state index in [2.05, 4.69) is 10.6 Å². The SMILES string of the molecule is COCC1(CNC(=O)COc2ccc([N+](=O)[O-])cc2)CCNCC1.Cl. The quantitative estimate of drug-likeness (QED) is 0.529. The van der Waals surface area contributed by atoms with E-state index in [1.807, 2.05) is 0 Å². The predicted octanol–water partition coefficient (Wildman–Crippen LogP) is 1.53. The molecule has 8 nitrogen and oxygen atoms in total. The highest BCUT2D eigenvalue weighted by Crippen LogP contribution is 2.28. The molecule has 1 amide bonds. The Morgan fingerprint density at radius 1 is 1.32 bits per heavy atom. The van der Waals surface area contributed by atoms with E-state index >= 15 is 0 Å². The van der Waals surface area contributed by atoms with Gasteiger partial charge >= 0.3 is 0 Å². The third kappa shape index (κ3) is 6.49. The standard InChI is InChI=1S/C16H23N3O5.ClH/c1-23-12-16(6-8-17-9-7-16)11-18-15(20)10-24-14-4-2-13(3-5-14)19(21)22;/h2-5,17H,6-12H2,1H3,(H,18,20);1H. The van der Waals surface area contributed by atoms with Gasteiger partial charge < -0.3 is 20.1 Å². The Labute approximate surface area is 152 Å². The molecule has 1 heterocycles. The summed E-state index contributed by atoms with van der Waals surface area (Å²) in [5.41, 5.74) is -0.0533. The second-order valence-electron chi connectivity index (χ2n) is 6.00. The lowest BCUT2D eigenvalue weighted by molar-refractivity contribution is -0.384. The summed E-state index contributed by atoms with van der Waals surface area (Å²) in [4.78, 5) is 22.1. The van der Waals surface area contributed by atoms with Gasteiger partial charge in [0.2, 0.25) is 0 Å². The molecule has 2 rings (SSSR count). The van der Waals surface area contributed by atoms with Gasteiger partial charge in [-0.05, 0) is 38.1 Å². The summed E-state index contributed by atoms with van der Waals surface area (Å²) < 4.78 is 10.7. The van der Waals surface area contributed by atoms with Crippen LogP contribution in [-0.2, 0) is 9.53 Å². The normalized spacial score (nSPS) is 15.7. The summed E-state index contributed by atoms with van der Waals surface area (Å²) in [5.74, 6) is 0.201. The number of nitrogens with zero attached hydrogens (tertiary/aromatic N) is 1. The van der Waals surface area contributed by atoms with Crippen LogP contribution in [0.3, 0.4) is 0 Å². The summed E-state index contributed by atoms with van der Waals surface area (Å²) in [6.07, 6.45) is 1.90.